The minimum Gasteiger partial charge on any atom is -0.780 e. The van der Waals surface area contributed by atoms with Gasteiger partial charge in [-0.15, -0.1) is 0 Å². The number of sulfonamides is 1. The molecular weight excluding hydrogens is 373 g/mol. The number of phenols is 1. The third-order valence-electron chi connectivity index (χ3n) is 2.88. The van der Waals surface area contributed by atoms with Crippen molar-refractivity contribution < 1.29 is 27.5 Å². The highest BCUT2D eigenvalue weighted by molar-refractivity contribution is 8.06. The first-order valence-electron chi connectivity index (χ1n) is 7.14. The minimum absolute atomic E-state index is 0.0598. The Morgan fingerprint density at radius 1 is 1.08 bits per heavy atom. The van der Waals surface area contributed by atoms with Crippen molar-refractivity contribution in [3.05, 3.63) is 24.3 Å². The molecular formula is C14H25NO6PS2-. The summed E-state index contributed by atoms with van der Waals surface area (Å²) in [6.07, 6.45) is 0. The fourth-order valence-electron chi connectivity index (χ4n) is 1.97. The molecule has 0 bridgehead atoms. The molecule has 0 heterocycles. The smallest absolute Gasteiger partial charge is 0.243 e. The molecule has 0 aliphatic carbocycles. The monoisotopic (exact) mass is 398 g/mol. The van der Waals surface area contributed by atoms with E-state index in [4.69, 9.17) is 0 Å². The molecule has 24 heavy (non-hydrogen) atoms. The van der Waals surface area contributed by atoms with Gasteiger partial charge in [-0.3, -0.25) is 0 Å². The Balaban J connectivity index is 0.000000640. The summed E-state index contributed by atoms with van der Waals surface area (Å²) in [5.41, 5.74) is 0. The van der Waals surface area contributed by atoms with Crippen LogP contribution in [0, 0.1) is 0 Å². The number of phenolic OH excluding ortho intramolecular Hbond substituents is 1. The van der Waals surface area contributed by atoms with E-state index in [0.29, 0.717) is 0 Å². The maximum atomic E-state index is 12.4. The van der Waals surface area contributed by atoms with Crippen LogP contribution in [-0.4, -0.2) is 44.1 Å². The molecule has 0 fully saturated rings. The van der Waals surface area contributed by atoms with Crippen molar-refractivity contribution in [3.8, 4) is 5.75 Å². The van der Waals surface area contributed by atoms with Gasteiger partial charge in [0.15, 0.2) is 0 Å². The topological polar surface area (TPSA) is 99.1 Å². The minimum atomic E-state index is -3.49. The average molecular weight is 398 g/mol. The zero-order chi connectivity index (χ0) is 19.1. The van der Waals surface area contributed by atoms with Crippen LogP contribution in [0.3, 0.4) is 0 Å². The molecule has 0 saturated carbocycles. The van der Waals surface area contributed by atoms with Gasteiger partial charge in [-0.25, -0.2) is 8.42 Å². The average Bonchev–Trinajstić information content (AvgIpc) is 2.47. The Hall–Kier alpha value is -0.540. The molecule has 0 amide bonds. The van der Waals surface area contributed by atoms with Crippen molar-refractivity contribution in [1.82, 2.24) is 4.31 Å². The van der Waals surface area contributed by atoms with Gasteiger partial charge < -0.3 is 19.0 Å². The van der Waals surface area contributed by atoms with E-state index in [1.807, 2.05) is 27.7 Å². The van der Waals surface area contributed by atoms with Gasteiger partial charge in [0.1, 0.15) is 12.5 Å². The molecule has 0 saturated heterocycles. The molecule has 1 N–H and O–H groups in total. The molecule has 0 aromatic heterocycles. The number of benzene rings is 1. The summed E-state index contributed by atoms with van der Waals surface area (Å²) in [7, 11) is -1.000. The predicted molar refractivity (Wildman–Crippen MR) is 95.7 cm³/mol. The van der Waals surface area contributed by atoms with E-state index in [0.717, 1.165) is 0 Å². The van der Waals surface area contributed by atoms with E-state index >= 15 is 0 Å². The Bertz CT molecular complexity index is 630. The number of nitrogens with zero attached hydrogens (tertiary/aromatic N) is 1. The molecule has 0 atom stereocenters. The second-order valence-corrected chi connectivity index (χ2v) is 10.1. The number of hydrogen-bond acceptors (Lipinski definition) is 7. The van der Waals surface area contributed by atoms with Crippen LogP contribution in [-0.2, 0) is 30.9 Å². The standard InChI is InChI=1S/C12H19NO3S.C2H7O3PS/c1-9(2)13(10(3)4)17(15,16)12-7-5-11(14)6-8-12;1-4-6(3,7)5-2/h5-10,14H,1-4H3;1-2H3,(H,3,7)/p-1. The van der Waals surface area contributed by atoms with Gasteiger partial charge in [0.05, 0.1) is 4.90 Å². The van der Waals surface area contributed by atoms with Crippen molar-refractivity contribution >= 4 is 28.5 Å². The van der Waals surface area contributed by atoms with Crippen molar-refractivity contribution in [1.29, 1.82) is 0 Å². The lowest BCUT2D eigenvalue weighted by Crippen LogP contribution is -2.41. The second-order valence-electron chi connectivity index (χ2n) is 5.33. The van der Waals surface area contributed by atoms with Crippen LogP contribution < -0.4 is 4.89 Å². The lowest BCUT2D eigenvalue weighted by Gasteiger charge is -2.29. The molecule has 7 nitrogen and oxygen atoms in total. The number of hydrogen-bond donors (Lipinski definition) is 1. The molecule has 1 rings (SSSR count). The van der Waals surface area contributed by atoms with Crippen LogP contribution in [0.25, 0.3) is 0 Å². The van der Waals surface area contributed by atoms with E-state index in [9.17, 15) is 18.4 Å². The first-order valence-corrected chi connectivity index (χ1v) is 11.1. The maximum Gasteiger partial charge on any atom is 0.243 e. The second kappa shape index (κ2) is 9.82. The van der Waals surface area contributed by atoms with Crippen LogP contribution >= 0.6 is 6.72 Å². The van der Waals surface area contributed by atoms with Crippen LogP contribution in [0.1, 0.15) is 27.7 Å². The molecule has 1 aromatic carbocycles. The van der Waals surface area contributed by atoms with Crippen molar-refractivity contribution in [2.45, 2.75) is 44.7 Å². The molecule has 0 aliphatic rings. The first-order chi connectivity index (χ1) is 10.9. The van der Waals surface area contributed by atoms with Crippen LogP contribution in [0.2, 0.25) is 0 Å². The van der Waals surface area contributed by atoms with Gasteiger partial charge in [-0.1, -0.05) is 11.8 Å². The highest BCUT2D eigenvalue weighted by atomic mass is 32.5. The van der Waals surface area contributed by atoms with E-state index in [1.54, 1.807) is 0 Å². The van der Waals surface area contributed by atoms with E-state index in [-0.39, 0.29) is 22.7 Å². The SMILES string of the molecule is CC(C)N(C(C)C)S(=O)(=O)c1ccc(O)cc1.COP([O-])(=S)OC. The highest BCUT2D eigenvalue weighted by Gasteiger charge is 2.29. The fourth-order valence-corrected chi connectivity index (χ4v) is 3.95. The Morgan fingerprint density at radius 3 is 1.71 bits per heavy atom. The van der Waals surface area contributed by atoms with Crippen molar-refractivity contribution in [2.24, 2.45) is 0 Å². The molecule has 0 aliphatic heterocycles. The molecule has 0 unspecified atom stereocenters. The highest BCUT2D eigenvalue weighted by Crippen LogP contribution is 2.35. The Morgan fingerprint density at radius 2 is 1.46 bits per heavy atom. The van der Waals surface area contributed by atoms with Gasteiger partial charge in [-0.2, -0.15) is 4.31 Å². The van der Waals surface area contributed by atoms with Crippen LogP contribution in [0.4, 0.5) is 0 Å². The quantitative estimate of drug-likeness (QED) is 0.732. The molecule has 0 radical (unpaired) electrons. The summed E-state index contributed by atoms with van der Waals surface area (Å²) in [5, 5.41) is 9.17. The zero-order valence-corrected chi connectivity index (χ0v) is 17.2. The summed E-state index contributed by atoms with van der Waals surface area (Å²) in [5.74, 6) is 0.0598. The third-order valence-corrected chi connectivity index (χ3v) is 6.93. The van der Waals surface area contributed by atoms with Crippen molar-refractivity contribution in [2.75, 3.05) is 14.2 Å². The molecule has 1 aromatic rings. The van der Waals surface area contributed by atoms with E-state index in [1.165, 1.54) is 42.8 Å². The lowest BCUT2D eigenvalue weighted by atomic mass is 10.3. The van der Waals surface area contributed by atoms with Gasteiger partial charge in [0.2, 0.25) is 10.0 Å². The predicted octanol–water partition coefficient (Wildman–Crippen LogP) is 2.06. The Labute approximate surface area is 149 Å². The molecule has 0 spiro atoms. The molecule has 140 valence electrons. The normalized spacial score (nSPS) is 12.4. The number of rotatable bonds is 6. The third kappa shape index (κ3) is 7.14. The summed E-state index contributed by atoms with van der Waals surface area (Å²) in [6.45, 7) is 4.31. The summed E-state index contributed by atoms with van der Waals surface area (Å²) >= 11 is 4.26. The van der Waals surface area contributed by atoms with Crippen LogP contribution in [0.5, 0.6) is 5.75 Å². The summed E-state index contributed by atoms with van der Waals surface area (Å²) < 4.78 is 34.7. The van der Waals surface area contributed by atoms with Gasteiger partial charge in [0, 0.05) is 26.3 Å². The summed E-state index contributed by atoms with van der Waals surface area (Å²) in [6, 6.07) is 5.39. The van der Waals surface area contributed by atoms with Gasteiger partial charge in [-0.05, 0) is 52.0 Å². The van der Waals surface area contributed by atoms with E-state index < -0.39 is 16.7 Å². The lowest BCUT2D eigenvalue weighted by molar-refractivity contribution is -0.201. The largest absolute Gasteiger partial charge is 0.780 e. The van der Waals surface area contributed by atoms with Gasteiger partial charge >= 0.3 is 0 Å². The maximum absolute atomic E-state index is 12.4. The van der Waals surface area contributed by atoms with Crippen LogP contribution in [0.15, 0.2) is 29.2 Å². The van der Waals surface area contributed by atoms with Crippen molar-refractivity contribution in [3.63, 3.8) is 0 Å². The number of aromatic hydroxyl groups is 1. The molecule has 10 heteroatoms. The summed E-state index contributed by atoms with van der Waals surface area (Å²) in [4.78, 5) is 10.5. The zero-order valence-electron chi connectivity index (χ0n) is 14.7. The van der Waals surface area contributed by atoms with Gasteiger partial charge in [0.25, 0.3) is 0 Å². The van der Waals surface area contributed by atoms with E-state index in [2.05, 4.69) is 20.9 Å². The Kier molecular flexibility index (Phi) is 9.60. The first kappa shape index (κ1) is 23.5. The fraction of sp³-hybridized carbons (Fsp3) is 0.571.